The molecule has 0 unspecified atom stereocenters. The van der Waals surface area contributed by atoms with Crippen LogP contribution < -0.4 is 0 Å². The van der Waals surface area contributed by atoms with Gasteiger partial charge in [0.25, 0.3) is 0 Å². The fraction of sp³-hybridized carbons (Fsp3) is 0.333. The maximum atomic E-state index is 3.46. The van der Waals surface area contributed by atoms with Gasteiger partial charge >= 0.3 is 34.7 Å². The minimum atomic E-state index is 0. The Balaban J connectivity index is -0.0000000450. The van der Waals surface area contributed by atoms with E-state index in [2.05, 4.69) is 23.4 Å². The predicted molar refractivity (Wildman–Crippen MR) is 41.4 cm³/mol. The molecule has 0 spiro atoms. The van der Waals surface area contributed by atoms with Crippen molar-refractivity contribution in [2.24, 2.45) is 0 Å². The third-order valence-electron chi connectivity index (χ3n) is 0.129. The second kappa shape index (κ2) is 16.3. The first-order chi connectivity index (χ1) is 1.91. The summed E-state index contributed by atoms with van der Waals surface area (Å²) in [4.78, 5) is 0. The van der Waals surface area contributed by atoms with Crippen LogP contribution >= 0.6 is 34.0 Å². The molecule has 0 heterocycles. The normalized spacial score (nSPS) is 4.17. The molecule has 2 radical (unpaired) electrons. The zero-order chi connectivity index (χ0) is 3.41. The van der Waals surface area contributed by atoms with Crippen molar-refractivity contribution in [2.75, 3.05) is 0 Å². The Hall–Kier alpha value is 1.26. The first kappa shape index (κ1) is 15.7. The molecule has 3 heteroatoms. The van der Waals surface area contributed by atoms with Gasteiger partial charge in [-0.1, -0.05) is 0 Å². The van der Waals surface area contributed by atoms with Crippen LogP contribution in [0.25, 0.3) is 0 Å². The van der Waals surface area contributed by atoms with Gasteiger partial charge in [-0.15, -0.1) is 34.0 Å². The van der Waals surface area contributed by atoms with E-state index in [9.17, 15) is 0 Å². The van der Waals surface area contributed by atoms with Gasteiger partial charge in [0.05, 0.1) is 0 Å². The molecule has 0 aromatic heterocycles. The number of halogens is 2. The molecule has 0 atom stereocenters. The average molecular weight is 278 g/mol. The molecule has 0 aliphatic carbocycles. The van der Waals surface area contributed by atoms with Crippen LogP contribution in [0.3, 0.4) is 0 Å². The second-order valence-electron chi connectivity index (χ2n) is 0.471. The van der Waals surface area contributed by atoms with E-state index < -0.39 is 0 Å². The van der Waals surface area contributed by atoms with Gasteiger partial charge in [-0.3, -0.25) is 0 Å². The summed E-state index contributed by atoms with van der Waals surface area (Å²) in [6, 6.07) is 0. The summed E-state index contributed by atoms with van der Waals surface area (Å²) in [6.07, 6.45) is 1.85. The van der Waals surface area contributed by atoms with Gasteiger partial charge in [0.1, 0.15) is 0 Å². The van der Waals surface area contributed by atoms with Crippen LogP contribution in [0.2, 0.25) is 5.21 Å². The van der Waals surface area contributed by atoms with Gasteiger partial charge in [-0.2, -0.15) is 0 Å². The van der Waals surface area contributed by atoms with Crippen molar-refractivity contribution in [3.63, 3.8) is 0 Å². The van der Waals surface area contributed by atoms with Crippen molar-refractivity contribution in [3.05, 3.63) is 12.7 Å². The predicted octanol–water partition coefficient (Wildman–Crippen LogP) is 1.91. The SMILES string of the molecule is Br.Br.C=CC[As]. The van der Waals surface area contributed by atoms with Gasteiger partial charge < -0.3 is 0 Å². The minimum absolute atomic E-state index is 0. The van der Waals surface area contributed by atoms with Crippen molar-refractivity contribution < 1.29 is 0 Å². The Labute approximate surface area is 68.4 Å². The number of hydrogen-bond acceptors (Lipinski definition) is 0. The third-order valence-corrected chi connectivity index (χ3v) is 0.671. The van der Waals surface area contributed by atoms with Crippen molar-refractivity contribution in [3.8, 4) is 0 Å². The van der Waals surface area contributed by atoms with Crippen molar-refractivity contribution in [1.29, 1.82) is 0 Å². The third kappa shape index (κ3) is 18.7. The molecule has 0 aromatic rings. The Kier molecular flexibility index (Phi) is 42.6. The maximum absolute atomic E-state index is 3.46. The summed E-state index contributed by atoms with van der Waals surface area (Å²) in [5.74, 6) is 0. The molecule has 38 valence electrons. The van der Waals surface area contributed by atoms with E-state index in [0.717, 1.165) is 5.21 Å². The fourth-order valence-corrected chi connectivity index (χ4v) is 0. The summed E-state index contributed by atoms with van der Waals surface area (Å²) < 4.78 is 0. The molecule has 0 aliphatic rings. The molecule has 0 rings (SSSR count). The van der Waals surface area contributed by atoms with Crippen LogP contribution in [0, 0.1) is 0 Å². The number of allylic oxidation sites excluding steroid dienone is 1. The standard InChI is InChI=1S/C3H5As.2BrH/c1-2-3-4;;/h2H,1,3H2;2*1H. The Bertz CT molecular complexity index is 22.8. The van der Waals surface area contributed by atoms with Crippen LogP contribution in [0.4, 0.5) is 0 Å². The molecular formula is C3H7AsBr2. The summed E-state index contributed by atoms with van der Waals surface area (Å²) >= 11 is 2.42. The van der Waals surface area contributed by atoms with Crippen LogP contribution in [0.1, 0.15) is 0 Å². The summed E-state index contributed by atoms with van der Waals surface area (Å²) in [5, 5.41) is 1.02. The van der Waals surface area contributed by atoms with E-state index in [0.29, 0.717) is 0 Å². The summed E-state index contributed by atoms with van der Waals surface area (Å²) in [5.41, 5.74) is 0. The number of hydrogen-bond donors (Lipinski definition) is 0. The molecule has 0 aliphatic heterocycles. The molecule has 0 bridgehead atoms. The van der Waals surface area contributed by atoms with Gasteiger partial charge in [0.15, 0.2) is 0 Å². The summed E-state index contributed by atoms with van der Waals surface area (Å²) in [7, 11) is 0. The van der Waals surface area contributed by atoms with E-state index >= 15 is 0 Å². The molecule has 0 N–H and O–H groups in total. The van der Waals surface area contributed by atoms with E-state index in [1.807, 2.05) is 6.08 Å². The van der Waals surface area contributed by atoms with Crippen molar-refractivity contribution >= 4 is 50.8 Å². The Morgan fingerprint density at radius 1 is 1.50 bits per heavy atom. The Morgan fingerprint density at radius 3 is 1.67 bits per heavy atom. The van der Waals surface area contributed by atoms with Crippen molar-refractivity contribution in [2.45, 2.75) is 5.21 Å². The van der Waals surface area contributed by atoms with Gasteiger partial charge in [0, 0.05) is 0 Å². The van der Waals surface area contributed by atoms with Gasteiger partial charge in [-0.05, 0) is 0 Å². The number of rotatable bonds is 1. The fourth-order valence-electron chi connectivity index (χ4n) is 0. The first-order valence-electron chi connectivity index (χ1n) is 1.13. The second-order valence-corrected chi connectivity index (χ2v) is 1.24. The van der Waals surface area contributed by atoms with E-state index in [4.69, 9.17) is 0 Å². The summed E-state index contributed by atoms with van der Waals surface area (Å²) in [6.45, 7) is 3.46. The van der Waals surface area contributed by atoms with Gasteiger partial charge in [0.2, 0.25) is 0 Å². The Morgan fingerprint density at radius 2 is 1.67 bits per heavy atom. The van der Waals surface area contributed by atoms with Crippen LogP contribution in [-0.4, -0.2) is 16.9 Å². The van der Waals surface area contributed by atoms with E-state index in [1.54, 1.807) is 0 Å². The van der Waals surface area contributed by atoms with Crippen LogP contribution in [-0.2, 0) is 0 Å². The molecule has 6 heavy (non-hydrogen) atoms. The zero-order valence-corrected chi connectivity index (χ0v) is 8.56. The van der Waals surface area contributed by atoms with Crippen LogP contribution in [0.15, 0.2) is 12.7 Å². The average Bonchev–Trinajstić information content (AvgIpc) is 1.37. The monoisotopic (exact) mass is 276 g/mol. The molecule has 0 saturated heterocycles. The first-order valence-corrected chi connectivity index (χ1v) is 2.46. The van der Waals surface area contributed by atoms with Crippen molar-refractivity contribution in [1.82, 2.24) is 0 Å². The van der Waals surface area contributed by atoms with E-state index in [1.165, 1.54) is 0 Å². The molecule has 0 saturated carbocycles. The molecule has 0 fully saturated rings. The van der Waals surface area contributed by atoms with Gasteiger partial charge in [-0.25, -0.2) is 0 Å². The quantitative estimate of drug-likeness (QED) is 0.507. The van der Waals surface area contributed by atoms with E-state index in [-0.39, 0.29) is 34.0 Å². The molecule has 0 aromatic carbocycles. The molecular weight excluding hydrogens is 271 g/mol. The molecule has 0 nitrogen and oxygen atoms in total. The van der Waals surface area contributed by atoms with Crippen LogP contribution in [0.5, 0.6) is 0 Å². The topological polar surface area (TPSA) is 0 Å². The zero-order valence-electron chi connectivity index (χ0n) is 3.26. The molecule has 0 amide bonds.